The van der Waals surface area contributed by atoms with Crippen molar-refractivity contribution >= 4 is 11.6 Å². The van der Waals surface area contributed by atoms with Crippen LogP contribution in [0.2, 0.25) is 5.02 Å². The van der Waals surface area contributed by atoms with Gasteiger partial charge >= 0.3 is 0 Å². The van der Waals surface area contributed by atoms with E-state index < -0.39 is 0 Å². The van der Waals surface area contributed by atoms with Crippen molar-refractivity contribution < 1.29 is 0 Å². The van der Waals surface area contributed by atoms with Gasteiger partial charge in [0.15, 0.2) is 0 Å². The molecule has 0 bridgehead atoms. The number of hydrogen-bond acceptors (Lipinski definition) is 2. The van der Waals surface area contributed by atoms with Crippen LogP contribution in [0.5, 0.6) is 0 Å². The minimum Gasteiger partial charge on any atom is -0.309 e. The van der Waals surface area contributed by atoms with Crippen LogP contribution in [0.1, 0.15) is 30.6 Å². The van der Waals surface area contributed by atoms with Crippen molar-refractivity contribution in [3.63, 3.8) is 0 Å². The molecule has 1 atom stereocenters. The van der Waals surface area contributed by atoms with Crippen LogP contribution in [0.3, 0.4) is 0 Å². The second-order valence-electron chi connectivity index (χ2n) is 4.51. The number of aromatic nitrogens is 1. The van der Waals surface area contributed by atoms with E-state index in [9.17, 15) is 0 Å². The molecule has 0 aliphatic heterocycles. The van der Waals surface area contributed by atoms with E-state index in [0.717, 1.165) is 30.1 Å². The van der Waals surface area contributed by atoms with Gasteiger partial charge in [0, 0.05) is 6.20 Å². The number of hydrogen-bond donors (Lipinski definition) is 1. The van der Waals surface area contributed by atoms with Gasteiger partial charge in [-0.05, 0) is 37.1 Å². The van der Waals surface area contributed by atoms with Crippen LogP contribution in [-0.4, -0.2) is 11.5 Å². The monoisotopic (exact) mass is 274 g/mol. The molecule has 0 amide bonds. The second kappa shape index (κ2) is 7.27. The maximum absolute atomic E-state index is 6.23. The highest BCUT2D eigenvalue weighted by atomic mass is 35.5. The predicted octanol–water partition coefficient (Wildman–Crippen LogP) is 4.02. The molecule has 0 radical (unpaired) electrons. The number of rotatable bonds is 6. The summed E-state index contributed by atoms with van der Waals surface area (Å²) in [7, 11) is 0. The summed E-state index contributed by atoms with van der Waals surface area (Å²) in [6, 6.07) is 14.5. The highest BCUT2D eigenvalue weighted by Gasteiger charge is 2.14. The third-order valence-electron chi connectivity index (χ3n) is 3.13. The van der Waals surface area contributed by atoms with Crippen molar-refractivity contribution in [3.05, 3.63) is 64.9 Å². The molecule has 1 aromatic heterocycles. The van der Waals surface area contributed by atoms with E-state index in [1.54, 1.807) is 6.20 Å². The van der Waals surface area contributed by atoms with Gasteiger partial charge < -0.3 is 5.32 Å². The van der Waals surface area contributed by atoms with E-state index in [0.29, 0.717) is 0 Å². The number of nitrogens with zero attached hydrogens (tertiary/aromatic N) is 1. The fourth-order valence-corrected chi connectivity index (χ4v) is 2.45. The predicted molar refractivity (Wildman–Crippen MR) is 80.4 cm³/mol. The van der Waals surface area contributed by atoms with E-state index in [4.69, 9.17) is 11.6 Å². The molecule has 1 heterocycles. The first-order chi connectivity index (χ1) is 9.31. The third-order valence-corrected chi connectivity index (χ3v) is 3.45. The van der Waals surface area contributed by atoms with E-state index in [2.05, 4.69) is 41.5 Å². The third kappa shape index (κ3) is 4.05. The maximum atomic E-state index is 6.23. The van der Waals surface area contributed by atoms with E-state index in [1.165, 1.54) is 5.56 Å². The lowest BCUT2D eigenvalue weighted by Gasteiger charge is -2.18. The Balaban J connectivity index is 2.07. The molecular weight excluding hydrogens is 256 g/mol. The van der Waals surface area contributed by atoms with Gasteiger partial charge in [0.1, 0.15) is 0 Å². The zero-order chi connectivity index (χ0) is 13.5. The second-order valence-corrected chi connectivity index (χ2v) is 4.91. The Morgan fingerprint density at radius 1 is 1.16 bits per heavy atom. The first-order valence-corrected chi connectivity index (χ1v) is 7.06. The summed E-state index contributed by atoms with van der Waals surface area (Å²) in [4.78, 5) is 4.42. The number of pyridine rings is 1. The molecule has 3 heteroatoms. The number of halogens is 1. The SMILES string of the molecule is CCNC(CCc1ccccc1)c1ncccc1Cl. The molecule has 0 saturated heterocycles. The highest BCUT2D eigenvalue weighted by molar-refractivity contribution is 6.31. The van der Waals surface area contributed by atoms with Gasteiger partial charge in [-0.1, -0.05) is 48.9 Å². The lowest BCUT2D eigenvalue weighted by Crippen LogP contribution is -2.22. The van der Waals surface area contributed by atoms with Crippen molar-refractivity contribution in [1.82, 2.24) is 10.3 Å². The lowest BCUT2D eigenvalue weighted by molar-refractivity contribution is 0.504. The molecule has 0 fully saturated rings. The summed E-state index contributed by atoms with van der Waals surface area (Å²) in [5.41, 5.74) is 2.29. The summed E-state index contributed by atoms with van der Waals surface area (Å²) < 4.78 is 0. The zero-order valence-electron chi connectivity index (χ0n) is 11.1. The summed E-state index contributed by atoms with van der Waals surface area (Å²) in [6.45, 7) is 3.01. The van der Waals surface area contributed by atoms with Gasteiger partial charge in [-0.2, -0.15) is 0 Å². The Labute approximate surface area is 119 Å². The molecule has 2 aromatic rings. The quantitative estimate of drug-likeness (QED) is 0.861. The van der Waals surface area contributed by atoms with Crippen LogP contribution in [0.15, 0.2) is 48.7 Å². The standard InChI is InChI=1S/C16H19ClN2/c1-2-18-15(16-14(17)9-6-12-19-16)11-10-13-7-4-3-5-8-13/h3-9,12,15,18H,2,10-11H2,1H3. The van der Waals surface area contributed by atoms with Crippen LogP contribution in [0.4, 0.5) is 0 Å². The topological polar surface area (TPSA) is 24.9 Å². The smallest absolute Gasteiger partial charge is 0.0759 e. The molecule has 2 rings (SSSR count). The van der Waals surface area contributed by atoms with E-state index >= 15 is 0 Å². The van der Waals surface area contributed by atoms with Crippen LogP contribution in [0, 0.1) is 0 Å². The Kier molecular flexibility index (Phi) is 5.37. The molecule has 2 nitrogen and oxygen atoms in total. The molecule has 0 spiro atoms. The Bertz CT molecular complexity index is 499. The maximum Gasteiger partial charge on any atom is 0.0759 e. The van der Waals surface area contributed by atoms with Gasteiger partial charge in [-0.3, -0.25) is 4.98 Å². The molecule has 0 aliphatic rings. The number of aryl methyl sites for hydroxylation is 1. The van der Waals surface area contributed by atoms with Crippen molar-refractivity contribution in [2.24, 2.45) is 0 Å². The zero-order valence-corrected chi connectivity index (χ0v) is 11.9. The fourth-order valence-electron chi connectivity index (χ4n) is 2.19. The van der Waals surface area contributed by atoms with Crippen molar-refractivity contribution in [2.45, 2.75) is 25.8 Å². The van der Waals surface area contributed by atoms with Crippen LogP contribution < -0.4 is 5.32 Å². The molecule has 19 heavy (non-hydrogen) atoms. The van der Waals surface area contributed by atoms with Gasteiger partial charge in [0.25, 0.3) is 0 Å². The Morgan fingerprint density at radius 3 is 2.63 bits per heavy atom. The first-order valence-electron chi connectivity index (χ1n) is 6.69. The number of benzene rings is 1. The Morgan fingerprint density at radius 2 is 1.95 bits per heavy atom. The molecule has 0 aliphatic carbocycles. The van der Waals surface area contributed by atoms with Gasteiger partial charge in [-0.25, -0.2) is 0 Å². The average Bonchev–Trinajstić information content (AvgIpc) is 2.45. The first kappa shape index (κ1) is 14.0. The van der Waals surface area contributed by atoms with Gasteiger partial charge in [0.05, 0.1) is 16.8 Å². The average molecular weight is 275 g/mol. The molecular formula is C16H19ClN2. The van der Waals surface area contributed by atoms with Gasteiger partial charge in [0.2, 0.25) is 0 Å². The minimum atomic E-state index is 0.207. The van der Waals surface area contributed by atoms with Crippen molar-refractivity contribution in [2.75, 3.05) is 6.54 Å². The van der Waals surface area contributed by atoms with Crippen molar-refractivity contribution in [1.29, 1.82) is 0 Å². The van der Waals surface area contributed by atoms with E-state index in [1.807, 2.05) is 18.2 Å². The molecule has 100 valence electrons. The van der Waals surface area contributed by atoms with Gasteiger partial charge in [-0.15, -0.1) is 0 Å². The highest BCUT2D eigenvalue weighted by Crippen LogP contribution is 2.24. The van der Waals surface area contributed by atoms with Crippen LogP contribution >= 0.6 is 11.6 Å². The minimum absolute atomic E-state index is 0.207. The Hall–Kier alpha value is -1.38. The molecule has 1 N–H and O–H groups in total. The largest absolute Gasteiger partial charge is 0.309 e. The van der Waals surface area contributed by atoms with Crippen LogP contribution in [-0.2, 0) is 6.42 Å². The molecule has 1 unspecified atom stereocenters. The normalized spacial score (nSPS) is 12.3. The summed E-state index contributed by atoms with van der Waals surface area (Å²) in [6.07, 6.45) is 3.81. The fraction of sp³-hybridized carbons (Fsp3) is 0.312. The molecule has 0 saturated carbocycles. The van der Waals surface area contributed by atoms with Crippen molar-refractivity contribution in [3.8, 4) is 0 Å². The number of nitrogens with one attached hydrogen (secondary N) is 1. The van der Waals surface area contributed by atoms with E-state index in [-0.39, 0.29) is 6.04 Å². The van der Waals surface area contributed by atoms with Crippen LogP contribution in [0.25, 0.3) is 0 Å². The summed E-state index contributed by atoms with van der Waals surface area (Å²) in [5, 5.41) is 4.20. The summed E-state index contributed by atoms with van der Waals surface area (Å²) in [5.74, 6) is 0. The lowest BCUT2D eigenvalue weighted by atomic mass is 10.0. The molecule has 1 aromatic carbocycles. The summed E-state index contributed by atoms with van der Waals surface area (Å²) >= 11 is 6.23.